The second-order valence-corrected chi connectivity index (χ2v) is 6.98. The standard InChI is InChI=1S/C22H28N6O2.HI/c1-16-14-17(2)28(27-16)12-5-11-24-22(23-3)25-15-18-7-9-19(10-8-18)26-21(29)20-6-4-13-30-20;/h4,6-10,13-14H,5,11-12,15H2,1-3H3,(H,26,29)(H2,23,24,25);1H. The molecular weight excluding hydrogens is 507 g/mol. The van der Waals surface area contributed by atoms with E-state index in [-0.39, 0.29) is 35.6 Å². The zero-order chi connectivity index (χ0) is 21.3. The number of hydrogen-bond donors (Lipinski definition) is 3. The summed E-state index contributed by atoms with van der Waals surface area (Å²) in [6, 6.07) is 13.0. The molecule has 0 fully saturated rings. The maximum atomic E-state index is 12.0. The lowest BCUT2D eigenvalue weighted by Crippen LogP contribution is -2.37. The van der Waals surface area contributed by atoms with Gasteiger partial charge in [0.1, 0.15) is 0 Å². The molecule has 9 heteroatoms. The quantitative estimate of drug-likeness (QED) is 0.177. The molecule has 31 heavy (non-hydrogen) atoms. The third kappa shape index (κ3) is 7.42. The topological polar surface area (TPSA) is 96.5 Å². The Balaban J connectivity index is 0.00000341. The molecule has 0 unspecified atom stereocenters. The first-order valence-corrected chi connectivity index (χ1v) is 9.94. The summed E-state index contributed by atoms with van der Waals surface area (Å²) < 4.78 is 7.12. The Morgan fingerprint density at radius 2 is 1.94 bits per heavy atom. The van der Waals surface area contributed by atoms with Gasteiger partial charge in [-0.25, -0.2) is 0 Å². The van der Waals surface area contributed by atoms with Gasteiger partial charge in [-0.15, -0.1) is 24.0 Å². The number of aliphatic imine (C=N–C) groups is 1. The molecular formula is C22H29IN6O2. The average Bonchev–Trinajstić information content (AvgIpc) is 3.38. The van der Waals surface area contributed by atoms with Crippen molar-refractivity contribution in [2.45, 2.75) is 33.4 Å². The van der Waals surface area contributed by atoms with E-state index in [1.165, 1.54) is 12.0 Å². The molecule has 3 rings (SSSR count). The van der Waals surface area contributed by atoms with Crippen molar-refractivity contribution in [3.63, 3.8) is 0 Å². The Hall–Kier alpha value is -2.82. The molecule has 0 spiro atoms. The van der Waals surface area contributed by atoms with Crippen LogP contribution in [0.25, 0.3) is 0 Å². The predicted molar refractivity (Wildman–Crippen MR) is 133 cm³/mol. The normalized spacial score (nSPS) is 11.0. The number of halogens is 1. The van der Waals surface area contributed by atoms with Crippen LogP contribution in [0.5, 0.6) is 0 Å². The first-order chi connectivity index (χ1) is 14.5. The molecule has 0 aliphatic rings. The van der Waals surface area contributed by atoms with E-state index < -0.39 is 0 Å². The Morgan fingerprint density at radius 1 is 1.16 bits per heavy atom. The van der Waals surface area contributed by atoms with Crippen LogP contribution in [0.3, 0.4) is 0 Å². The van der Waals surface area contributed by atoms with Crippen molar-refractivity contribution >= 4 is 41.5 Å². The van der Waals surface area contributed by atoms with E-state index in [1.54, 1.807) is 19.2 Å². The number of nitrogens with zero attached hydrogens (tertiary/aromatic N) is 3. The highest BCUT2D eigenvalue weighted by Crippen LogP contribution is 2.11. The summed E-state index contributed by atoms with van der Waals surface area (Å²) in [6.07, 6.45) is 2.43. The summed E-state index contributed by atoms with van der Waals surface area (Å²) in [5, 5.41) is 13.9. The molecule has 0 saturated carbocycles. The molecule has 1 amide bonds. The zero-order valence-electron chi connectivity index (χ0n) is 18.0. The van der Waals surface area contributed by atoms with Gasteiger partial charge in [-0.05, 0) is 56.2 Å². The number of aromatic nitrogens is 2. The smallest absolute Gasteiger partial charge is 0.291 e. The number of nitrogens with one attached hydrogen (secondary N) is 3. The van der Waals surface area contributed by atoms with E-state index in [2.05, 4.69) is 39.0 Å². The van der Waals surface area contributed by atoms with Crippen LogP contribution in [0.2, 0.25) is 0 Å². The molecule has 2 heterocycles. The minimum absolute atomic E-state index is 0. The molecule has 0 aliphatic heterocycles. The number of carbonyl (C=O) groups excluding carboxylic acids is 1. The van der Waals surface area contributed by atoms with Crippen LogP contribution >= 0.6 is 24.0 Å². The summed E-state index contributed by atoms with van der Waals surface area (Å²) in [4.78, 5) is 16.3. The van der Waals surface area contributed by atoms with Gasteiger partial charge >= 0.3 is 0 Å². The Morgan fingerprint density at radius 3 is 2.55 bits per heavy atom. The van der Waals surface area contributed by atoms with Crippen LogP contribution in [-0.2, 0) is 13.1 Å². The molecule has 8 nitrogen and oxygen atoms in total. The van der Waals surface area contributed by atoms with Crippen LogP contribution in [-0.4, -0.2) is 35.2 Å². The van der Waals surface area contributed by atoms with E-state index in [0.717, 1.165) is 36.7 Å². The summed E-state index contributed by atoms with van der Waals surface area (Å²) in [6.45, 7) is 6.38. The predicted octanol–water partition coefficient (Wildman–Crippen LogP) is 3.72. The fourth-order valence-corrected chi connectivity index (χ4v) is 3.05. The number of benzene rings is 1. The fraction of sp³-hybridized carbons (Fsp3) is 0.318. The van der Waals surface area contributed by atoms with Gasteiger partial charge < -0.3 is 20.4 Å². The highest BCUT2D eigenvalue weighted by atomic mass is 127. The van der Waals surface area contributed by atoms with Gasteiger partial charge in [-0.1, -0.05) is 12.1 Å². The fourth-order valence-electron chi connectivity index (χ4n) is 3.05. The largest absolute Gasteiger partial charge is 0.459 e. The van der Waals surface area contributed by atoms with E-state index in [0.29, 0.717) is 12.2 Å². The maximum Gasteiger partial charge on any atom is 0.291 e. The third-order valence-electron chi connectivity index (χ3n) is 4.58. The molecule has 1 aromatic carbocycles. The van der Waals surface area contributed by atoms with Crippen molar-refractivity contribution in [3.8, 4) is 0 Å². The van der Waals surface area contributed by atoms with Gasteiger partial charge in [0.25, 0.3) is 5.91 Å². The van der Waals surface area contributed by atoms with Gasteiger partial charge in [0.05, 0.1) is 12.0 Å². The third-order valence-corrected chi connectivity index (χ3v) is 4.58. The minimum atomic E-state index is -0.268. The molecule has 0 radical (unpaired) electrons. The molecule has 0 aliphatic carbocycles. The summed E-state index contributed by atoms with van der Waals surface area (Å²) in [5.74, 6) is 0.767. The lowest BCUT2D eigenvalue weighted by molar-refractivity contribution is 0.0996. The molecule has 0 bridgehead atoms. The van der Waals surface area contributed by atoms with Gasteiger partial charge in [0, 0.05) is 38.1 Å². The number of hydrogen-bond acceptors (Lipinski definition) is 4. The van der Waals surface area contributed by atoms with Gasteiger partial charge in [-0.2, -0.15) is 5.10 Å². The molecule has 0 saturated heterocycles. The van der Waals surface area contributed by atoms with Crippen LogP contribution < -0.4 is 16.0 Å². The first kappa shape index (κ1) is 24.4. The van der Waals surface area contributed by atoms with E-state index >= 15 is 0 Å². The van der Waals surface area contributed by atoms with E-state index in [9.17, 15) is 4.79 Å². The number of aryl methyl sites for hydroxylation is 3. The van der Waals surface area contributed by atoms with Crippen LogP contribution in [0.15, 0.2) is 58.1 Å². The second-order valence-electron chi connectivity index (χ2n) is 6.98. The monoisotopic (exact) mass is 536 g/mol. The number of furan rings is 1. The van der Waals surface area contributed by atoms with Crippen molar-refractivity contribution < 1.29 is 9.21 Å². The minimum Gasteiger partial charge on any atom is -0.459 e. The zero-order valence-corrected chi connectivity index (χ0v) is 20.3. The van der Waals surface area contributed by atoms with Crippen molar-refractivity contribution in [1.82, 2.24) is 20.4 Å². The summed E-state index contributed by atoms with van der Waals surface area (Å²) in [5.41, 5.74) is 4.02. The number of guanidine groups is 1. The second kappa shape index (κ2) is 12.1. The summed E-state index contributed by atoms with van der Waals surface area (Å²) >= 11 is 0. The van der Waals surface area contributed by atoms with Gasteiger partial charge in [-0.3, -0.25) is 14.5 Å². The van der Waals surface area contributed by atoms with Crippen molar-refractivity contribution in [2.75, 3.05) is 18.9 Å². The lowest BCUT2D eigenvalue weighted by atomic mass is 10.2. The number of anilines is 1. The van der Waals surface area contributed by atoms with Gasteiger partial charge in [0.15, 0.2) is 11.7 Å². The van der Waals surface area contributed by atoms with Gasteiger partial charge in [0.2, 0.25) is 0 Å². The Kier molecular flexibility index (Phi) is 9.57. The molecule has 0 atom stereocenters. The van der Waals surface area contributed by atoms with Crippen molar-refractivity contribution in [2.24, 2.45) is 4.99 Å². The number of rotatable bonds is 8. The molecule has 2 aromatic heterocycles. The molecule has 3 N–H and O–H groups in total. The van der Waals surface area contributed by atoms with Crippen LogP contribution in [0.4, 0.5) is 5.69 Å². The highest BCUT2D eigenvalue weighted by molar-refractivity contribution is 14.0. The van der Waals surface area contributed by atoms with Crippen molar-refractivity contribution in [1.29, 1.82) is 0 Å². The Bertz CT molecular complexity index is 980. The van der Waals surface area contributed by atoms with E-state index in [1.807, 2.05) is 35.9 Å². The van der Waals surface area contributed by atoms with Crippen molar-refractivity contribution in [3.05, 3.63) is 71.4 Å². The number of amides is 1. The Labute approximate surface area is 199 Å². The number of carbonyl (C=O) groups is 1. The average molecular weight is 536 g/mol. The maximum absolute atomic E-state index is 12.0. The van der Waals surface area contributed by atoms with Crippen LogP contribution in [0, 0.1) is 13.8 Å². The van der Waals surface area contributed by atoms with E-state index in [4.69, 9.17) is 4.42 Å². The SMILES string of the molecule is CN=C(NCCCn1nc(C)cc1C)NCc1ccc(NC(=O)c2ccco2)cc1.I. The van der Waals surface area contributed by atoms with Crippen LogP contribution in [0.1, 0.15) is 33.9 Å². The first-order valence-electron chi connectivity index (χ1n) is 9.94. The highest BCUT2D eigenvalue weighted by Gasteiger charge is 2.08. The summed E-state index contributed by atoms with van der Waals surface area (Å²) in [7, 11) is 1.75. The molecule has 166 valence electrons. The lowest BCUT2D eigenvalue weighted by Gasteiger charge is -2.12. The molecule has 3 aromatic rings.